The van der Waals surface area contributed by atoms with E-state index in [1.165, 1.54) is 0 Å². The fourth-order valence-electron chi connectivity index (χ4n) is 5.37. The van der Waals surface area contributed by atoms with Crippen molar-refractivity contribution in [1.29, 1.82) is 0 Å². The quantitative estimate of drug-likeness (QED) is 0.424. The first-order chi connectivity index (χ1) is 19.4. The largest absolute Gasteiger partial charge is 0.369 e. The first-order valence-corrected chi connectivity index (χ1v) is 14.4. The summed E-state index contributed by atoms with van der Waals surface area (Å²) in [6.07, 6.45) is 3.91. The third-order valence-corrected chi connectivity index (χ3v) is 7.91. The average Bonchev–Trinajstić information content (AvgIpc) is 3.24. The maximum absolute atomic E-state index is 13.8. The summed E-state index contributed by atoms with van der Waals surface area (Å²) < 4.78 is 0. The van der Waals surface area contributed by atoms with Crippen LogP contribution in [0.3, 0.4) is 0 Å². The third-order valence-electron chi connectivity index (χ3n) is 7.66. The molecule has 7 nitrogen and oxygen atoms in total. The number of benzene rings is 3. The number of carbonyl (C=O) groups is 3. The van der Waals surface area contributed by atoms with E-state index in [-0.39, 0.29) is 17.7 Å². The molecule has 0 bridgehead atoms. The Hall–Kier alpha value is -3.84. The number of likely N-dealkylation sites (tertiary alicyclic amines) is 1. The zero-order valence-electron chi connectivity index (χ0n) is 22.9. The van der Waals surface area contributed by atoms with E-state index in [2.05, 4.69) is 10.2 Å². The Morgan fingerprint density at radius 2 is 1.32 bits per heavy atom. The van der Waals surface area contributed by atoms with E-state index in [1.54, 1.807) is 30.3 Å². The van der Waals surface area contributed by atoms with E-state index in [0.717, 1.165) is 56.6 Å². The highest BCUT2D eigenvalue weighted by molar-refractivity contribution is 6.30. The predicted octanol–water partition coefficient (Wildman–Crippen LogP) is 5.88. The Morgan fingerprint density at radius 3 is 2.05 bits per heavy atom. The molecule has 2 aliphatic rings. The second-order valence-corrected chi connectivity index (χ2v) is 11.0. The van der Waals surface area contributed by atoms with Crippen molar-refractivity contribution in [2.45, 2.75) is 32.6 Å². The molecule has 0 atom stereocenters. The van der Waals surface area contributed by atoms with E-state index >= 15 is 0 Å². The first-order valence-electron chi connectivity index (χ1n) is 14.0. The SMILES string of the molecule is Cc1ccc(C(=O)N2CCCN(c3ccc(NC(=O)c4ccc(Cl)cc4)cc3C(=O)N3CCCCC3)CC2)cc1. The molecule has 0 aliphatic carbocycles. The summed E-state index contributed by atoms with van der Waals surface area (Å²) in [5, 5.41) is 3.50. The Labute approximate surface area is 240 Å². The molecule has 208 valence electrons. The molecular weight excluding hydrogens is 524 g/mol. The predicted molar refractivity (Wildman–Crippen MR) is 160 cm³/mol. The molecule has 3 aromatic carbocycles. The van der Waals surface area contributed by atoms with Crippen LogP contribution in [0.25, 0.3) is 0 Å². The molecule has 2 saturated heterocycles. The Morgan fingerprint density at radius 1 is 0.675 bits per heavy atom. The highest BCUT2D eigenvalue weighted by Crippen LogP contribution is 2.29. The van der Waals surface area contributed by atoms with Crippen molar-refractivity contribution in [3.05, 3.63) is 94.0 Å². The number of carbonyl (C=O) groups excluding carboxylic acids is 3. The van der Waals surface area contributed by atoms with E-state index in [1.807, 2.05) is 53.1 Å². The number of hydrogen-bond donors (Lipinski definition) is 1. The zero-order valence-corrected chi connectivity index (χ0v) is 23.6. The second-order valence-electron chi connectivity index (χ2n) is 10.5. The molecule has 0 spiro atoms. The van der Waals surface area contributed by atoms with E-state index in [0.29, 0.717) is 47.0 Å². The van der Waals surface area contributed by atoms with Crippen LogP contribution in [0.2, 0.25) is 5.02 Å². The molecular formula is C32H35ClN4O3. The lowest BCUT2D eigenvalue weighted by Crippen LogP contribution is -2.38. The van der Waals surface area contributed by atoms with Crippen LogP contribution >= 0.6 is 11.6 Å². The van der Waals surface area contributed by atoms with Gasteiger partial charge in [0.2, 0.25) is 0 Å². The maximum Gasteiger partial charge on any atom is 0.256 e. The number of aryl methyl sites for hydroxylation is 1. The summed E-state index contributed by atoms with van der Waals surface area (Å²) in [5.74, 6) is -0.248. The summed E-state index contributed by atoms with van der Waals surface area (Å²) in [4.78, 5) is 45.9. The highest BCUT2D eigenvalue weighted by Gasteiger charge is 2.26. The van der Waals surface area contributed by atoms with Gasteiger partial charge in [-0.25, -0.2) is 0 Å². The van der Waals surface area contributed by atoms with Gasteiger partial charge in [-0.05, 0) is 87.2 Å². The van der Waals surface area contributed by atoms with Gasteiger partial charge < -0.3 is 20.0 Å². The standard InChI is InChI=1S/C32H35ClN4O3/c1-23-6-8-25(9-7-23)31(39)37-19-5-18-35(20-21-37)29-15-14-27(34-30(38)24-10-12-26(33)13-11-24)22-28(29)32(40)36-16-3-2-4-17-36/h6-15,22H,2-5,16-21H2,1H3,(H,34,38). The number of hydrogen-bond acceptors (Lipinski definition) is 4. The minimum atomic E-state index is -0.263. The molecule has 0 saturated carbocycles. The first kappa shape index (κ1) is 27.7. The van der Waals surface area contributed by atoms with Gasteiger partial charge in [0.25, 0.3) is 17.7 Å². The number of piperidine rings is 1. The monoisotopic (exact) mass is 558 g/mol. The molecule has 2 fully saturated rings. The molecule has 0 radical (unpaired) electrons. The normalized spacial score (nSPS) is 15.9. The summed E-state index contributed by atoms with van der Waals surface area (Å²) >= 11 is 5.97. The number of amides is 3. The van der Waals surface area contributed by atoms with Crippen LogP contribution in [0, 0.1) is 6.92 Å². The number of nitrogens with one attached hydrogen (secondary N) is 1. The van der Waals surface area contributed by atoms with Crippen LogP contribution in [-0.2, 0) is 0 Å². The van der Waals surface area contributed by atoms with Crippen LogP contribution in [0.5, 0.6) is 0 Å². The fourth-order valence-corrected chi connectivity index (χ4v) is 5.50. The van der Waals surface area contributed by atoms with Crippen LogP contribution in [-0.4, -0.2) is 66.8 Å². The van der Waals surface area contributed by atoms with Gasteiger partial charge in [-0.15, -0.1) is 0 Å². The molecule has 2 heterocycles. The van der Waals surface area contributed by atoms with E-state index in [9.17, 15) is 14.4 Å². The molecule has 40 heavy (non-hydrogen) atoms. The van der Waals surface area contributed by atoms with E-state index < -0.39 is 0 Å². The van der Waals surface area contributed by atoms with Crippen LogP contribution in [0.4, 0.5) is 11.4 Å². The van der Waals surface area contributed by atoms with E-state index in [4.69, 9.17) is 11.6 Å². The summed E-state index contributed by atoms with van der Waals surface area (Å²) in [7, 11) is 0. The van der Waals surface area contributed by atoms with Gasteiger partial charge in [0, 0.05) is 66.8 Å². The van der Waals surface area contributed by atoms with Crippen molar-refractivity contribution in [2.24, 2.45) is 0 Å². The molecule has 2 aliphatic heterocycles. The second kappa shape index (κ2) is 12.6. The Kier molecular flexibility index (Phi) is 8.70. The lowest BCUT2D eigenvalue weighted by Gasteiger charge is -2.30. The number of anilines is 2. The lowest BCUT2D eigenvalue weighted by molar-refractivity contribution is 0.0723. The van der Waals surface area contributed by atoms with Crippen LogP contribution in [0.15, 0.2) is 66.7 Å². The Balaban J connectivity index is 1.37. The van der Waals surface area contributed by atoms with Gasteiger partial charge in [0.1, 0.15) is 0 Å². The summed E-state index contributed by atoms with van der Waals surface area (Å²) in [6, 6.07) is 19.9. The molecule has 5 rings (SSSR count). The molecule has 8 heteroatoms. The minimum Gasteiger partial charge on any atom is -0.369 e. The number of nitrogens with zero attached hydrogens (tertiary/aromatic N) is 3. The van der Waals surface area contributed by atoms with Crippen molar-refractivity contribution in [3.8, 4) is 0 Å². The summed E-state index contributed by atoms with van der Waals surface area (Å²) in [6.45, 7) is 6.06. The zero-order chi connectivity index (χ0) is 28.1. The number of halogens is 1. The van der Waals surface area contributed by atoms with Crippen molar-refractivity contribution in [2.75, 3.05) is 49.5 Å². The average molecular weight is 559 g/mol. The van der Waals surface area contributed by atoms with Crippen molar-refractivity contribution in [3.63, 3.8) is 0 Å². The summed E-state index contributed by atoms with van der Waals surface area (Å²) in [5.41, 5.74) is 4.29. The molecule has 0 unspecified atom stereocenters. The molecule has 1 N–H and O–H groups in total. The minimum absolute atomic E-state index is 0.0193. The van der Waals surface area contributed by atoms with Gasteiger partial charge in [-0.1, -0.05) is 29.3 Å². The van der Waals surface area contributed by atoms with Crippen molar-refractivity contribution >= 4 is 40.7 Å². The van der Waals surface area contributed by atoms with Gasteiger partial charge >= 0.3 is 0 Å². The van der Waals surface area contributed by atoms with Gasteiger partial charge in [-0.3, -0.25) is 14.4 Å². The Bertz CT molecular complexity index is 1370. The van der Waals surface area contributed by atoms with Gasteiger partial charge in [0.15, 0.2) is 0 Å². The molecule has 0 aromatic heterocycles. The van der Waals surface area contributed by atoms with Crippen LogP contribution in [0.1, 0.15) is 62.3 Å². The number of rotatable bonds is 5. The molecule has 3 aromatic rings. The third kappa shape index (κ3) is 6.48. The maximum atomic E-state index is 13.8. The smallest absolute Gasteiger partial charge is 0.256 e. The fraction of sp³-hybridized carbons (Fsp3) is 0.344. The van der Waals surface area contributed by atoms with Crippen LogP contribution < -0.4 is 10.2 Å². The molecule has 3 amide bonds. The van der Waals surface area contributed by atoms with Crippen molar-refractivity contribution in [1.82, 2.24) is 9.80 Å². The van der Waals surface area contributed by atoms with Gasteiger partial charge in [0.05, 0.1) is 5.56 Å². The van der Waals surface area contributed by atoms with Gasteiger partial charge in [-0.2, -0.15) is 0 Å². The lowest BCUT2D eigenvalue weighted by atomic mass is 10.1. The topological polar surface area (TPSA) is 73.0 Å². The highest BCUT2D eigenvalue weighted by atomic mass is 35.5. The van der Waals surface area contributed by atoms with Crippen molar-refractivity contribution < 1.29 is 14.4 Å².